The number of nitrogens with zero attached hydrogens (tertiary/aromatic N) is 1. The molecule has 2 atom stereocenters. The first-order valence-corrected chi connectivity index (χ1v) is 6.05. The molecule has 17 heavy (non-hydrogen) atoms. The zero-order chi connectivity index (χ0) is 12.1. The van der Waals surface area contributed by atoms with Gasteiger partial charge in [-0.05, 0) is 31.4 Å². The van der Waals surface area contributed by atoms with Crippen molar-refractivity contribution in [2.75, 3.05) is 0 Å². The lowest BCUT2D eigenvalue weighted by Gasteiger charge is -2.21. The van der Waals surface area contributed by atoms with Gasteiger partial charge in [0.2, 0.25) is 0 Å². The van der Waals surface area contributed by atoms with E-state index in [0.717, 1.165) is 32.1 Å². The van der Waals surface area contributed by atoms with Crippen LogP contribution in [0.4, 0.5) is 0 Å². The zero-order valence-electron chi connectivity index (χ0n) is 9.71. The lowest BCUT2D eigenvalue weighted by Crippen LogP contribution is -2.30. The van der Waals surface area contributed by atoms with Crippen molar-refractivity contribution in [1.82, 2.24) is 4.98 Å². The van der Waals surface area contributed by atoms with Crippen LogP contribution in [0.25, 0.3) is 0 Å². The van der Waals surface area contributed by atoms with Crippen LogP contribution >= 0.6 is 0 Å². The highest BCUT2D eigenvalue weighted by atomic mass is 16.5. The minimum absolute atomic E-state index is 0.151. The van der Waals surface area contributed by atoms with E-state index < -0.39 is 6.10 Å². The molecule has 1 N–H and O–H groups in total. The molecule has 4 heteroatoms. The van der Waals surface area contributed by atoms with Gasteiger partial charge in [-0.2, -0.15) is 0 Å². The maximum atomic E-state index is 10.5. The fourth-order valence-electron chi connectivity index (χ4n) is 2.10. The molecule has 0 saturated heterocycles. The van der Waals surface area contributed by atoms with Crippen molar-refractivity contribution in [1.29, 1.82) is 0 Å². The van der Waals surface area contributed by atoms with E-state index in [2.05, 4.69) is 4.98 Å². The molecular weight excluding hydrogens is 218 g/mol. The van der Waals surface area contributed by atoms with Crippen LogP contribution in [0.1, 0.15) is 42.6 Å². The van der Waals surface area contributed by atoms with E-state index >= 15 is 0 Å². The van der Waals surface area contributed by atoms with E-state index in [1.807, 2.05) is 0 Å². The smallest absolute Gasteiger partial charge is 0.168 e. The van der Waals surface area contributed by atoms with E-state index in [1.165, 1.54) is 6.20 Å². The monoisotopic (exact) mass is 235 g/mol. The van der Waals surface area contributed by atoms with Gasteiger partial charge in [-0.1, -0.05) is 12.8 Å². The van der Waals surface area contributed by atoms with Gasteiger partial charge in [-0.3, -0.25) is 4.79 Å². The summed E-state index contributed by atoms with van der Waals surface area (Å²) in [6, 6.07) is 3.33. The van der Waals surface area contributed by atoms with Crippen LogP contribution in [-0.4, -0.2) is 28.6 Å². The number of rotatable bonds is 3. The van der Waals surface area contributed by atoms with Gasteiger partial charge in [-0.15, -0.1) is 0 Å². The molecule has 1 saturated carbocycles. The molecule has 1 aliphatic carbocycles. The predicted molar refractivity (Wildman–Crippen MR) is 63.1 cm³/mol. The average molecular weight is 235 g/mol. The second kappa shape index (κ2) is 5.77. The summed E-state index contributed by atoms with van der Waals surface area (Å²) in [7, 11) is 0. The van der Waals surface area contributed by atoms with E-state index in [9.17, 15) is 9.90 Å². The minimum Gasteiger partial charge on any atom is -0.486 e. The van der Waals surface area contributed by atoms with Crippen LogP contribution in [0.2, 0.25) is 0 Å². The predicted octanol–water partition coefficient (Wildman–Crippen LogP) is 1.97. The summed E-state index contributed by atoms with van der Waals surface area (Å²) in [6.45, 7) is 0. The van der Waals surface area contributed by atoms with Gasteiger partial charge in [-0.25, -0.2) is 4.98 Å². The van der Waals surface area contributed by atoms with Gasteiger partial charge in [0.25, 0.3) is 0 Å². The molecule has 0 aromatic carbocycles. The standard InChI is InChI=1S/C13H17NO3/c15-9-10-6-7-11(8-14-10)17-13-5-3-1-2-4-12(13)16/h6-9,12-13,16H,1-5H2. The normalized spacial score (nSPS) is 25.0. The lowest BCUT2D eigenvalue weighted by molar-refractivity contribution is 0.0317. The third-order valence-electron chi connectivity index (χ3n) is 3.09. The number of carbonyl (C=O) groups is 1. The van der Waals surface area contributed by atoms with Crippen LogP contribution in [0.3, 0.4) is 0 Å². The number of aliphatic hydroxyl groups is 1. The lowest BCUT2D eigenvalue weighted by atomic mass is 10.1. The van der Waals surface area contributed by atoms with Crippen molar-refractivity contribution in [2.24, 2.45) is 0 Å². The maximum absolute atomic E-state index is 10.5. The van der Waals surface area contributed by atoms with Crippen molar-refractivity contribution >= 4 is 6.29 Å². The Morgan fingerprint density at radius 2 is 2.12 bits per heavy atom. The van der Waals surface area contributed by atoms with Crippen molar-refractivity contribution in [3.63, 3.8) is 0 Å². The first kappa shape index (κ1) is 12.0. The quantitative estimate of drug-likeness (QED) is 0.642. The Morgan fingerprint density at radius 1 is 1.29 bits per heavy atom. The van der Waals surface area contributed by atoms with Crippen LogP contribution in [0.5, 0.6) is 5.75 Å². The van der Waals surface area contributed by atoms with E-state index in [1.54, 1.807) is 12.1 Å². The van der Waals surface area contributed by atoms with Crippen LogP contribution in [0.15, 0.2) is 18.3 Å². The van der Waals surface area contributed by atoms with Crippen molar-refractivity contribution in [2.45, 2.75) is 44.3 Å². The summed E-state index contributed by atoms with van der Waals surface area (Å²) in [4.78, 5) is 14.4. The Bertz CT molecular complexity index is 363. The molecule has 0 radical (unpaired) electrons. The van der Waals surface area contributed by atoms with Crippen LogP contribution in [0, 0.1) is 0 Å². The first-order chi connectivity index (χ1) is 8.29. The summed E-state index contributed by atoms with van der Waals surface area (Å²) >= 11 is 0. The van der Waals surface area contributed by atoms with E-state index in [4.69, 9.17) is 4.74 Å². The minimum atomic E-state index is -0.400. The molecule has 0 bridgehead atoms. The highest BCUT2D eigenvalue weighted by molar-refractivity contribution is 5.71. The third-order valence-corrected chi connectivity index (χ3v) is 3.09. The second-order valence-electron chi connectivity index (χ2n) is 4.40. The summed E-state index contributed by atoms with van der Waals surface area (Å²) in [5.74, 6) is 0.613. The number of hydrogen-bond acceptors (Lipinski definition) is 4. The number of aldehydes is 1. The van der Waals surface area contributed by atoms with Gasteiger partial charge in [0.05, 0.1) is 12.3 Å². The fourth-order valence-corrected chi connectivity index (χ4v) is 2.10. The molecule has 0 spiro atoms. The highest BCUT2D eigenvalue weighted by Gasteiger charge is 2.23. The summed E-state index contributed by atoms with van der Waals surface area (Å²) in [5, 5.41) is 9.91. The Morgan fingerprint density at radius 3 is 2.82 bits per heavy atom. The molecule has 1 aromatic rings. The average Bonchev–Trinajstić information content (AvgIpc) is 2.56. The Hall–Kier alpha value is -1.42. The number of ether oxygens (including phenoxy) is 1. The summed E-state index contributed by atoms with van der Waals surface area (Å²) in [6.07, 6.45) is 6.64. The van der Waals surface area contributed by atoms with Crippen LogP contribution < -0.4 is 4.74 Å². The largest absolute Gasteiger partial charge is 0.486 e. The molecule has 2 unspecified atom stereocenters. The molecule has 4 nitrogen and oxygen atoms in total. The van der Waals surface area contributed by atoms with E-state index in [-0.39, 0.29) is 6.10 Å². The van der Waals surface area contributed by atoms with Gasteiger partial charge in [0, 0.05) is 0 Å². The molecule has 1 aliphatic rings. The van der Waals surface area contributed by atoms with E-state index in [0.29, 0.717) is 17.7 Å². The molecule has 0 aliphatic heterocycles. The van der Waals surface area contributed by atoms with Crippen molar-refractivity contribution < 1.29 is 14.6 Å². The SMILES string of the molecule is O=Cc1ccc(OC2CCCCCC2O)cn1. The van der Waals surface area contributed by atoms with Crippen molar-refractivity contribution in [3.05, 3.63) is 24.0 Å². The highest BCUT2D eigenvalue weighted by Crippen LogP contribution is 2.22. The molecule has 1 aromatic heterocycles. The molecule has 92 valence electrons. The topological polar surface area (TPSA) is 59.4 Å². The Kier molecular flexibility index (Phi) is 4.09. The number of pyridine rings is 1. The van der Waals surface area contributed by atoms with Gasteiger partial charge >= 0.3 is 0 Å². The van der Waals surface area contributed by atoms with Gasteiger partial charge < -0.3 is 9.84 Å². The molecule has 2 rings (SSSR count). The number of hydrogen-bond donors (Lipinski definition) is 1. The third kappa shape index (κ3) is 3.27. The molecule has 1 fully saturated rings. The summed E-state index contributed by atoms with van der Waals surface area (Å²) < 4.78 is 5.72. The molecule has 0 amide bonds. The zero-order valence-corrected chi connectivity index (χ0v) is 9.71. The first-order valence-electron chi connectivity index (χ1n) is 6.05. The van der Waals surface area contributed by atoms with Gasteiger partial charge in [0.15, 0.2) is 6.29 Å². The van der Waals surface area contributed by atoms with Gasteiger partial charge in [0.1, 0.15) is 17.5 Å². The van der Waals surface area contributed by atoms with Crippen LogP contribution in [-0.2, 0) is 0 Å². The Balaban J connectivity index is 2.00. The molecular formula is C13H17NO3. The fraction of sp³-hybridized carbons (Fsp3) is 0.538. The second-order valence-corrected chi connectivity index (χ2v) is 4.40. The van der Waals surface area contributed by atoms with Crippen molar-refractivity contribution in [3.8, 4) is 5.75 Å². The Labute approximate surface area is 101 Å². The molecule has 1 heterocycles. The maximum Gasteiger partial charge on any atom is 0.168 e. The number of aromatic nitrogens is 1. The summed E-state index contributed by atoms with van der Waals surface area (Å²) in [5.41, 5.74) is 0.388. The number of carbonyl (C=O) groups excluding carboxylic acids is 1. The number of aliphatic hydroxyl groups excluding tert-OH is 1.